The Hall–Kier alpha value is -0.860. The molecule has 0 aromatic carbocycles. The zero-order chi connectivity index (χ0) is 6.15. The highest BCUT2D eigenvalue weighted by Crippen LogP contribution is 1.79. The summed E-state index contributed by atoms with van der Waals surface area (Å²) in [6.07, 6.45) is 1.97. The number of nitrogens with zero attached hydrogens (tertiary/aromatic N) is 3. The number of hydrogen-bond acceptors (Lipinski definition) is 1. The molecule has 1 heterocycles. The molecule has 3 heteroatoms. The summed E-state index contributed by atoms with van der Waals surface area (Å²) in [5, 5.41) is 4.09. The molecule has 1 aromatic rings. The average molecular weight is 112 g/mol. The SMILES string of the molecule is Cc1c[n+](C)n(C)n1. The van der Waals surface area contributed by atoms with Gasteiger partial charge in [0.1, 0.15) is 7.05 Å². The van der Waals surface area contributed by atoms with E-state index in [1.807, 2.05) is 31.9 Å². The van der Waals surface area contributed by atoms with E-state index < -0.39 is 0 Å². The Morgan fingerprint density at radius 3 is 2.50 bits per heavy atom. The number of aromatic nitrogens is 3. The molecule has 0 saturated heterocycles. The molecule has 8 heavy (non-hydrogen) atoms. The summed E-state index contributed by atoms with van der Waals surface area (Å²) in [4.78, 5) is 1.79. The van der Waals surface area contributed by atoms with Crippen molar-refractivity contribution >= 4 is 0 Å². The molecule has 44 valence electrons. The molecule has 0 radical (unpaired) electrons. The lowest BCUT2D eigenvalue weighted by molar-refractivity contribution is -0.755. The Bertz CT molecular complexity index is 170. The summed E-state index contributed by atoms with van der Waals surface area (Å²) in [6.45, 7) is 1.97. The molecule has 0 atom stereocenters. The van der Waals surface area contributed by atoms with Crippen molar-refractivity contribution in [1.82, 2.24) is 9.90 Å². The molecular weight excluding hydrogens is 102 g/mol. The van der Waals surface area contributed by atoms with Gasteiger partial charge >= 0.3 is 0 Å². The molecule has 0 fully saturated rings. The van der Waals surface area contributed by atoms with Crippen molar-refractivity contribution < 1.29 is 4.68 Å². The molecule has 0 aliphatic carbocycles. The van der Waals surface area contributed by atoms with Crippen LogP contribution in [0, 0.1) is 6.92 Å². The van der Waals surface area contributed by atoms with Crippen molar-refractivity contribution in [2.45, 2.75) is 6.92 Å². The van der Waals surface area contributed by atoms with Crippen molar-refractivity contribution in [1.29, 1.82) is 0 Å². The molecule has 1 rings (SSSR count). The van der Waals surface area contributed by atoms with Gasteiger partial charge in [-0.3, -0.25) is 0 Å². The molecule has 3 nitrogen and oxygen atoms in total. The molecule has 0 saturated carbocycles. The molecule has 1 aromatic heterocycles. The Balaban J connectivity index is 3.14. The van der Waals surface area contributed by atoms with Gasteiger partial charge in [-0.25, -0.2) is 0 Å². The van der Waals surface area contributed by atoms with Crippen LogP contribution in [-0.2, 0) is 14.1 Å². The highest BCUT2D eigenvalue weighted by Gasteiger charge is 2.01. The highest BCUT2D eigenvalue weighted by atomic mass is 15.5. The molecule has 0 bridgehead atoms. The van der Waals surface area contributed by atoms with E-state index in [9.17, 15) is 0 Å². The van der Waals surface area contributed by atoms with Crippen molar-refractivity contribution in [3.8, 4) is 0 Å². The molecule has 0 spiro atoms. The summed E-state index contributed by atoms with van der Waals surface area (Å²) in [5.74, 6) is 0. The van der Waals surface area contributed by atoms with Crippen LogP contribution in [0.3, 0.4) is 0 Å². The van der Waals surface area contributed by atoms with Gasteiger partial charge in [0.05, 0.1) is 7.05 Å². The van der Waals surface area contributed by atoms with Gasteiger partial charge in [0.25, 0.3) is 0 Å². The molecule has 0 aliphatic heterocycles. The minimum atomic E-state index is 1.05. The van der Waals surface area contributed by atoms with E-state index >= 15 is 0 Å². The second-order valence-electron chi connectivity index (χ2n) is 1.93. The van der Waals surface area contributed by atoms with E-state index in [1.165, 1.54) is 0 Å². The monoisotopic (exact) mass is 112 g/mol. The van der Waals surface area contributed by atoms with Crippen molar-refractivity contribution in [2.24, 2.45) is 14.1 Å². The minimum Gasteiger partial charge on any atom is -0.164 e. The van der Waals surface area contributed by atoms with Gasteiger partial charge in [0.15, 0.2) is 6.20 Å². The van der Waals surface area contributed by atoms with Gasteiger partial charge < -0.3 is 0 Å². The number of hydrogen-bond donors (Lipinski definition) is 0. The lowest BCUT2D eigenvalue weighted by atomic mass is 10.6. The molecule has 0 N–H and O–H groups in total. The van der Waals surface area contributed by atoms with Crippen LogP contribution in [0.25, 0.3) is 0 Å². The van der Waals surface area contributed by atoms with Crippen LogP contribution in [0.4, 0.5) is 0 Å². The molecule has 0 amide bonds. The maximum Gasteiger partial charge on any atom is 0.215 e. The molecule has 0 aliphatic rings. The van der Waals surface area contributed by atoms with Crippen molar-refractivity contribution in [3.63, 3.8) is 0 Å². The van der Waals surface area contributed by atoms with Crippen LogP contribution >= 0.6 is 0 Å². The third-order valence-electron chi connectivity index (χ3n) is 1.13. The van der Waals surface area contributed by atoms with E-state index in [4.69, 9.17) is 0 Å². The van der Waals surface area contributed by atoms with Gasteiger partial charge in [-0.2, -0.15) is 4.68 Å². The number of aryl methyl sites for hydroxylation is 3. The summed E-state index contributed by atoms with van der Waals surface area (Å²) in [6, 6.07) is 0. The van der Waals surface area contributed by atoms with Crippen molar-refractivity contribution in [3.05, 3.63) is 11.9 Å². The smallest absolute Gasteiger partial charge is 0.164 e. The third kappa shape index (κ3) is 0.710. The Morgan fingerprint density at radius 2 is 2.38 bits per heavy atom. The Morgan fingerprint density at radius 1 is 1.75 bits per heavy atom. The predicted molar refractivity (Wildman–Crippen MR) is 29.1 cm³/mol. The lowest BCUT2D eigenvalue weighted by Gasteiger charge is -1.80. The van der Waals surface area contributed by atoms with E-state index in [0.717, 1.165) is 5.69 Å². The standard InChI is InChI=1S/C5H10N3/c1-5-4-7(2)8(3)6-5/h4H,1-3H3/q+1. The fourth-order valence-corrected chi connectivity index (χ4v) is 0.679. The number of rotatable bonds is 0. The van der Waals surface area contributed by atoms with E-state index in [1.54, 1.807) is 4.80 Å². The first-order chi connectivity index (χ1) is 3.70. The normalized spacial score (nSPS) is 9.88. The van der Waals surface area contributed by atoms with Crippen LogP contribution in [0.15, 0.2) is 6.20 Å². The van der Waals surface area contributed by atoms with Gasteiger partial charge in [-0.15, -0.1) is 0 Å². The first-order valence-electron chi connectivity index (χ1n) is 2.56. The quantitative estimate of drug-likeness (QED) is 0.417. The maximum atomic E-state index is 4.09. The predicted octanol–water partition coefficient (Wildman–Crippen LogP) is -0.447. The Kier molecular flexibility index (Phi) is 1.04. The van der Waals surface area contributed by atoms with Crippen LogP contribution in [0.2, 0.25) is 0 Å². The van der Waals surface area contributed by atoms with Crippen molar-refractivity contribution in [2.75, 3.05) is 0 Å². The van der Waals surface area contributed by atoms with E-state index in [2.05, 4.69) is 5.10 Å². The Labute approximate surface area is 48.5 Å². The van der Waals surface area contributed by atoms with Gasteiger partial charge in [0.2, 0.25) is 5.69 Å². The zero-order valence-corrected chi connectivity index (χ0v) is 5.42. The topological polar surface area (TPSA) is 21.7 Å². The highest BCUT2D eigenvalue weighted by molar-refractivity contribution is 4.79. The third-order valence-corrected chi connectivity index (χ3v) is 1.13. The second kappa shape index (κ2) is 1.58. The summed E-state index contributed by atoms with van der Waals surface area (Å²) < 4.78 is 1.93. The average Bonchev–Trinajstić information content (AvgIpc) is 1.85. The van der Waals surface area contributed by atoms with Crippen LogP contribution in [0.1, 0.15) is 5.69 Å². The first-order valence-corrected chi connectivity index (χ1v) is 2.56. The minimum absolute atomic E-state index is 1.05. The van der Waals surface area contributed by atoms with Crippen LogP contribution in [-0.4, -0.2) is 9.90 Å². The molecule has 0 unspecified atom stereocenters. The second-order valence-corrected chi connectivity index (χ2v) is 1.93. The fourth-order valence-electron chi connectivity index (χ4n) is 0.679. The lowest BCUT2D eigenvalue weighted by Crippen LogP contribution is -2.36. The van der Waals surface area contributed by atoms with E-state index in [-0.39, 0.29) is 0 Å². The summed E-state index contributed by atoms with van der Waals surface area (Å²) >= 11 is 0. The maximum absolute atomic E-state index is 4.09. The molecular formula is C5H10N3+. The summed E-state index contributed by atoms with van der Waals surface area (Å²) in [5.41, 5.74) is 1.05. The largest absolute Gasteiger partial charge is 0.215 e. The van der Waals surface area contributed by atoms with Crippen LogP contribution in [0.5, 0.6) is 0 Å². The van der Waals surface area contributed by atoms with Gasteiger partial charge in [-0.1, -0.05) is 0 Å². The van der Waals surface area contributed by atoms with Gasteiger partial charge in [0, 0.05) is 12.0 Å². The summed E-state index contributed by atoms with van der Waals surface area (Å²) in [7, 11) is 3.87. The first kappa shape index (κ1) is 5.28. The van der Waals surface area contributed by atoms with E-state index in [0.29, 0.717) is 0 Å². The zero-order valence-electron chi connectivity index (χ0n) is 5.42. The fraction of sp³-hybridized carbons (Fsp3) is 0.600. The van der Waals surface area contributed by atoms with Crippen LogP contribution < -0.4 is 4.68 Å². The van der Waals surface area contributed by atoms with Gasteiger partial charge in [-0.05, 0) is 4.80 Å².